The van der Waals surface area contributed by atoms with Crippen LogP contribution >= 0.6 is 0 Å². The fourth-order valence-electron chi connectivity index (χ4n) is 1.44. The Morgan fingerprint density at radius 1 is 1.17 bits per heavy atom. The molecular weight excluding hydrogens is 150 g/mol. The Hall–Kier alpha value is -0.0800. The van der Waals surface area contributed by atoms with Crippen molar-refractivity contribution in [3.05, 3.63) is 0 Å². The van der Waals surface area contributed by atoms with Gasteiger partial charge in [-0.3, -0.25) is 0 Å². The van der Waals surface area contributed by atoms with E-state index >= 15 is 0 Å². The minimum Gasteiger partial charge on any atom is -0.373 e. The van der Waals surface area contributed by atoms with Crippen LogP contribution in [0.15, 0.2) is 0 Å². The van der Waals surface area contributed by atoms with Crippen LogP contribution in [0.5, 0.6) is 0 Å². The van der Waals surface area contributed by atoms with E-state index in [1.165, 1.54) is 6.42 Å². The van der Waals surface area contributed by atoms with Crippen molar-refractivity contribution in [3.63, 3.8) is 0 Å². The molecule has 0 N–H and O–H groups in total. The first kappa shape index (κ1) is 11.9. The van der Waals surface area contributed by atoms with Crippen molar-refractivity contribution >= 4 is 0 Å². The third kappa shape index (κ3) is 5.56. The lowest BCUT2D eigenvalue weighted by atomic mass is 10.2. The zero-order valence-corrected chi connectivity index (χ0v) is 9.13. The van der Waals surface area contributed by atoms with Gasteiger partial charge < -0.3 is 9.64 Å². The average Bonchev–Trinajstić information content (AvgIpc) is 1.84. The van der Waals surface area contributed by atoms with Gasteiger partial charge in [0.25, 0.3) is 0 Å². The van der Waals surface area contributed by atoms with Crippen molar-refractivity contribution < 1.29 is 4.74 Å². The van der Waals surface area contributed by atoms with E-state index in [2.05, 4.69) is 39.6 Å². The second-order valence-electron chi connectivity index (χ2n) is 3.69. The zero-order chi connectivity index (χ0) is 9.56. The zero-order valence-electron chi connectivity index (χ0n) is 9.13. The van der Waals surface area contributed by atoms with Crippen LogP contribution in [0.1, 0.15) is 34.1 Å². The van der Waals surface area contributed by atoms with Crippen molar-refractivity contribution in [2.75, 3.05) is 20.1 Å². The van der Waals surface area contributed by atoms with Gasteiger partial charge in [-0.25, -0.2) is 0 Å². The molecule has 74 valence electrons. The minimum absolute atomic E-state index is 0.416. The summed E-state index contributed by atoms with van der Waals surface area (Å²) in [7, 11) is 2.13. The first-order valence-electron chi connectivity index (χ1n) is 4.94. The predicted octanol–water partition coefficient (Wildman–Crippen LogP) is 2.14. The lowest BCUT2D eigenvalue weighted by Crippen LogP contribution is -2.42. The van der Waals surface area contributed by atoms with E-state index in [9.17, 15) is 0 Å². The first-order chi connectivity index (χ1) is 5.60. The number of rotatable bonds is 0. The number of ether oxygens (including phenoxy) is 1. The van der Waals surface area contributed by atoms with Crippen molar-refractivity contribution in [2.24, 2.45) is 0 Å². The van der Waals surface area contributed by atoms with Gasteiger partial charge in [-0.05, 0) is 20.9 Å². The Kier molecular flexibility index (Phi) is 6.39. The smallest absolute Gasteiger partial charge is 0.0678 e. The van der Waals surface area contributed by atoms with Gasteiger partial charge >= 0.3 is 0 Å². The molecule has 0 saturated carbocycles. The summed E-state index contributed by atoms with van der Waals surface area (Å²) < 4.78 is 5.51. The summed E-state index contributed by atoms with van der Waals surface area (Å²) in [5.41, 5.74) is 0. The van der Waals surface area contributed by atoms with Gasteiger partial charge in [0.15, 0.2) is 0 Å². The van der Waals surface area contributed by atoms with Gasteiger partial charge in [0.1, 0.15) is 0 Å². The van der Waals surface area contributed by atoms with Crippen LogP contribution in [0.25, 0.3) is 0 Å². The van der Waals surface area contributed by atoms with E-state index in [4.69, 9.17) is 4.74 Å². The standard InChI is InChI=1S/C7H15NO.C3H8/c1-6-4-8(3)5-7(2)9-6;1-3-2/h6-7H,4-5H2,1-3H3;3H2,1-2H3. The third-order valence-corrected chi connectivity index (χ3v) is 1.60. The molecule has 0 radical (unpaired) electrons. The maximum Gasteiger partial charge on any atom is 0.0678 e. The normalized spacial score (nSPS) is 30.8. The fraction of sp³-hybridized carbons (Fsp3) is 1.00. The molecule has 0 amide bonds. The number of nitrogens with zero attached hydrogens (tertiary/aromatic N) is 1. The molecule has 2 atom stereocenters. The molecule has 0 aromatic rings. The molecule has 1 rings (SSSR count). The van der Waals surface area contributed by atoms with E-state index in [1.54, 1.807) is 0 Å². The van der Waals surface area contributed by atoms with Gasteiger partial charge in [-0.15, -0.1) is 0 Å². The first-order valence-corrected chi connectivity index (χ1v) is 4.94. The Morgan fingerprint density at radius 3 is 1.75 bits per heavy atom. The van der Waals surface area contributed by atoms with Crippen LogP contribution < -0.4 is 0 Å². The topological polar surface area (TPSA) is 12.5 Å². The lowest BCUT2D eigenvalue weighted by Gasteiger charge is -2.32. The molecule has 2 unspecified atom stereocenters. The van der Waals surface area contributed by atoms with Crippen molar-refractivity contribution in [1.82, 2.24) is 4.90 Å². The number of likely N-dealkylation sites (N-methyl/N-ethyl adjacent to an activating group) is 1. The molecule has 0 spiro atoms. The lowest BCUT2D eigenvalue weighted by molar-refractivity contribution is -0.0602. The molecule has 0 aromatic carbocycles. The minimum atomic E-state index is 0.416. The van der Waals surface area contributed by atoms with Crippen molar-refractivity contribution in [3.8, 4) is 0 Å². The van der Waals surface area contributed by atoms with Gasteiger partial charge in [-0.1, -0.05) is 20.3 Å². The molecule has 1 heterocycles. The highest BCUT2D eigenvalue weighted by Gasteiger charge is 2.18. The average molecular weight is 173 g/mol. The van der Waals surface area contributed by atoms with Crippen LogP contribution in [0.2, 0.25) is 0 Å². The predicted molar refractivity (Wildman–Crippen MR) is 53.5 cm³/mol. The van der Waals surface area contributed by atoms with Gasteiger partial charge in [0.2, 0.25) is 0 Å². The monoisotopic (exact) mass is 173 g/mol. The van der Waals surface area contributed by atoms with E-state index in [1.807, 2.05) is 0 Å². The van der Waals surface area contributed by atoms with Gasteiger partial charge in [0, 0.05) is 13.1 Å². The molecule has 1 fully saturated rings. The Balaban J connectivity index is 0.000000354. The van der Waals surface area contributed by atoms with Crippen LogP contribution in [0.3, 0.4) is 0 Å². The summed E-state index contributed by atoms with van der Waals surface area (Å²) in [5, 5.41) is 0. The molecule has 1 aliphatic rings. The largest absolute Gasteiger partial charge is 0.373 e. The summed E-state index contributed by atoms with van der Waals surface area (Å²) >= 11 is 0. The molecule has 1 aliphatic heterocycles. The van der Waals surface area contributed by atoms with E-state index < -0.39 is 0 Å². The molecule has 2 nitrogen and oxygen atoms in total. The van der Waals surface area contributed by atoms with Crippen LogP contribution in [-0.4, -0.2) is 37.2 Å². The Morgan fingerprint density at radius 2 is 1.50 bits per heavy atom. The molecule has 2 heteroatoms. The highest BCUT2D eigenvalue weighted by atomic mass is 16.5. The summed E-state index contributed by atoms with van der Waals surface area (Å²) in [4.78, 5) is 2.30. The van der Waals surface area contributed by atoms with E-state index in [0.29, 0.717) is 12.2 Å². The fourth-order valence-corrected chi connectivity index (χ4v) is 1.44. The molecule has 1 saturated heterocycles. The summed E-state index contributed by atoms with van der Waals surface area (Å²) in [6, 6.07) is 0. The maximum absolute atomic E-state index is 5.51. The molecule has 12 heavy (non-hydrogen) atoms. The highest BCUT2D eigenvalue weighted by molar-refractivity contribution is 4.69. The third-order valence-electron chi connectivity index (χ3n) is 1.60. The number of hydrogen-bond acceptors (Lipinski definition) is 2. The van der Waals surface area contributed by atoms with Crippen molar-refractivity contribution in [2.45, 2.75) is 46.3 Å². The van der Waals surface area contributed by atoms with Gasteiger partial charge in [-0.2, -0.15) is 0 Å². The van der Waals surface area contributed by atoms with Crippen LogP contribution in [0.4, 0.5) is 0 Å². The number of hydrogen-bond donors (Lipinski definition) is 0. The summed E-state index contributed by atoms with van der Waals surface area (Å²) in [6.45, 7) is 10.6. The molecule has 0 aliphatic carbocycles. The maximum atomic E-state index is 5.51. The van der Waals surface area contributed by atoms with Gasteiger partial charge in [0.05, 0.1) is 12.2 Å². The number of morpholine rings is 1. The Bertz CT molecular complexity index is 81.0. The van der Waals surface area contributed by atoms with E-state index in [0.717, 1.165) is 13.1 Å². The molecule has 0 aromatic heterocycles. The highest BCUT2D eigenvalue weighted by Crippen LogP contribution is 2.07. The summed E-state index contributed by atoms with van der Waals surface area (Å²) in [6.07, 6.45) is 2.08. The second kappa shape index (κ2) is 6.44. The molecule has 0 bridgehead atoms. The quantitative estimate of drug-likeness (QED) is 0.556. The van der Waals surface area contributed by atoms with E-state index in [-0.39, 0.29) is 0 Å². The molecular formula is C10H23NO. The van der Waals surface area contributed by atoms with Crippen LogP contribution in [-0.2, 0) is 4.74 Å². The second-order valence-corrected chi connectivity index (χ2v) is 3.69. The SMILES string of the molecule is CC1CN(C)CC(C)O1.CCC. The summed E-state index contributed by atoms with van der Waals surface area (Å²) in [5.74, 6) is 0. The van der Waals surface area contributed by atoms with Crippen LogP contribution in [0, 0.1) is 0 Å². The van der Waals surface area contributed by atoms with Crippen molar-refractivity contribution in [1.29, 1.82) is 0 Å². The Labute approximate surface area is 76.9 Å².